The van der Waals surface area contributed by atoms with E-state index in [2.05, 4.69) is 143 Å². The largest absolute Gasteiger partial charge is 0.313 e. The van der Waals surface area contributed by atoms with Gasteiger partial charge in [-0.25, -0.2) is 0 Å². The SMILES string of the molecule is CCC(C)c1cc(-n2c(C(C)(C)C)cc3ccccc32)cc(-n2c(C(C)(C)C)cc3ccccc32)c1. The van der Waals surface area contributed by atoms with Crippen molar-refractivity contribution in [2.45, 2.75) is 78.6 Å². The monoisotopic (exact) mass is 476 g/mol. The summed E-state index contributed by atoms with van der Waals surface area (Å²) >= 11 is 0. The van der Waals surface area contributed by atoms with Crippen LogP contribution in [0, 0.1) is 0 Å². The van der Waals surface area contributed by atoms with Crippen LogP contribution in [-0.2, 0) is 10.8 Å². The van der Waals surface area contributed by atoms with Crippen molar-refractivity contribution in [3.05, 3.63) is 95.8 Å². The Morgan fingerprint density at radius 1 is 0.611 bits per heavy atom. The van der Waals surface area contributed by atoms with Crippen LogP contribution in [0.1, 0.15) is 84.7 Å². The first-order valence-corrected chi connectivity index (χ1v) is 13.4. The van der Waals surface area contributed by atoms with Crippen LogP contribution in [0.5, 0.6) is 0 Å². The van der Waals surface area contributed by atoms with Crippen LogP contribution in [0.3, 0.4) is 0 Å². The predicted octanol–water partition coefficient (Wildman–Crippen LogP) is 9.68. The van der Waals surface area contributed by atoms with Gasteiger partial charge in [-0.3, -0.25) is 0 Å². The zero-order valence-electron chi connectivity index (χ0n) is 23.2. The Morgan fingerprint density at radius 3 is 1.42 bits per heavy atom. The molecule has 0 aliphatic heterocycles. The highest BCUT2D eigenvalue weighted by atomic mass is 15.0. The highest BCUT2D eigenvalue weighted by Crippen LogP contribution is 2.37. The first-order chi connectivity index (χ1) is 17.0. The third-order valence-corrected chi connectivity index (χ3v) is 7.58. The number of benzene rings is 3. The van der Waals surface area contributed by atoms with Gasteiger partial charge in [0.2, 0.25) is 0 Å². The summed E-state index contributed by atoms with van der Waals surface area (Å²) in [5.41, 5.74) is 9.11. The van der Waals surface area contributed by atoms with Gasteiger partial charge in [0, 0.05) is 44.4 Å². The summed E-state index contributed by atoms with van der Waals surface area (Å²) in [7, 11) is 0. The zero-order chi connectivity index (χ0) is 25.8. The Labute approximate surface area is 216 Å². The highest BCUT2D eigenvalue weighted by Gasteiger charge is 2.25. The maximum atomic E-state index is 2.49. The first kappa shape index (κ1) is 24.4. The molecule has 0 fully saturated rings. The van der Waals surface area contributed by atoms with Gasteiger partial charge < -0.3 is 9.13 Å². The number of para-hydroxylation sites is 2. The number of rotatable bonds is 4. The van der Waals surface area contributed by atoms with Crippen molar-refractivity contribution in [3.8, 4) is 11.4 Å². The second kappa shape index (κ2) is 8.69. The van der Waals surface area contributed by atoms with Crippen molar-refractivity contribution in [2.75, 3.05) is 0 Å². The van der Waals surface area contributed by atoms with Gasteiger partial charge in [-0.15, -0.1) is 0 Å². The molecule has 0 bridgehead atoms. The average molecular weight is 477 g/mol. The fourth-order valence-electron chi connectivity index (χ4n) is 5.37. The molecule has 0 N–H and O–H groups in total. The molecule has 0 saturated heterocycles. The van der Waals surface area contributed by atoms with E-state index in [0.29, 0.717) is 5.92 Å². The molecule has 36 heavy (non-hydrogen) atoms. The molecule has 186 valence electrons. The smallest absolute Gasteiger partial charge is 0.0531 e. The van der Waals surface area contributed by atoms with Crippen molar-refractivity contribution in [2.24, 2.45) is 0 Å². The number of nitrogens with zero attached hydrogens (tertiary/aromatic N) is 2. The van der Waals surface area contributed by atoms with E-state index in [1.165, 1.54) is 50.1 Å². The maximum Gasteiger partial charge on any atom is 0.0531 e. The molecule has 2 nitrogen and oxygen atoms in total. The minimum Gasteiger partial charge on any atom is -0.313 e. The van der Waals surface area contributed by atoms with Gasteiger partial charge in [-0.05, 0) is 60.4 Å². The Balaban J connectivity index is 1.88. The van der Waals surface area contributed by atoms with Crippen molar-refractivity contribution >= 4 is 21.8 Å². The summed E-state index contributed by atoms with van der Waals surface area (Å²) < 4.78 is 4.99. The number of hydrogen-bond donors (Lipinski definition) is 0. The molecule has 0 radical (unpaired) electrons. The molecule has 2 aromatic heterocycles. The molecule has 0 saturated carbocycles. The van der Waals surface area contributed by atoms with Crippen molar-refractivity contribution in [1.29, 1.82) is 0 Å². The van der Waals surface area contributed by atoms with E-state index in [1.54, 1.807) is 0 Å². The Hall–Kier alpha value is -3.26. The van der Waals surface area contributed by atoms with E-state index in [4.69, 9.17) is 0 Å². The van der Waals surface area contributed by atoms with Crippen molar-refractivity contribution < 1.29 is 0 Å². The van der Waals surface area contributed by atoms with Gasteiger partial charge in [-0.2, -0.15) is 0 Å². The standard InChI is InChI=1S/C34H40N2/c1-9-23(2)26-18-27(35-29-16-12-10-14-24(29)20-31(35)33(3,4)5)22-28(19-26)36-30-17-13-11-15-25(30)21-32(36)34(6,7)8/h10-23H,9H2,1-8H3. The third-order valence-electron chi connectivity index (χ3n) is 7.58. The molecule has 2 heterocycles. The van der Waals surface area contributed by atoms with Crippen LogP contribution in [0.15, 0.2) is 78.9 Å². The minimum absolute atomic E-state index is 0.0161. The molecule has 3 aromatic carbocycles. The van der Waals surface area contributed by atoms with Gasteiger partial charge in [-0.1, -0.05) is 91.8 Å². The molecular formula is C34H40N2. The van der Waals surface area contributed by atoms with Gasteiger partial charge in [0.15, 0.2) is 0 Å². The second-order valence-electron chi connectivity index (χ2n) is 12.4. The summed E-state index contributed by atoms with van der Waals surface area (Å²) in [5, 5.41) is 2.58. The molecule has 0 aliphatic rings. The fraction of sp³-hybridized carbons (Fsp3) is 0.353. The topological polar surface area (TPSA) is 9.86 Å². The van der Waals surface area contributed by atoms with Crippen LogP contribution < -0.4 is 0 Å². The molecule has 5 aromatic rings. The Morgan fingerprint density at radius 2 is 1.03 bits per heavy atom. The average Bonchev–Trinajstić information content (AvgIpc) is 3.42. The first-order valence-electron chi connectivity index (χ1n) is 13.4. The predicted molar refractivity (Wildman–Crippen MR) is 156 cm³/mol. The second-order valence-corrected chi connectivity index (χ2v) is 12.4. The van der Waals surface area contributed by atoms with E-state index in [0.717, 1.165) is 6.42 Å². The van der Waals surface area contributed by atoms with E-state index in [1.807, 2.05) is 0 Å². The molecular weight excluding hydrogens is 436 g/mol. The van der Waals surface area contributed by atoms with Crippen LogP contribution in [0.25, 0.3) is 33.2 Å². The van der Waals surface area contributed by atoms with Crippen LogP contribution >= 0.6 is 0 Å². The molecule has 0 aliphatic carbocycles. The molecule has 1 unspecified atom stereocenters. The van der Waals surface area contributed by atoms with Crippen molar-refractivity contribution in [3.63, 3.8) is 0 Å². The minimum atomic E-state index is 0.0161. The molecule has 0 spiro atoms. The fourth-order valence-corrected chi connectivity index (χ4v) is 5.37. The number of hydrogen-bond acceptors (Lipinski definition) is 0. The molecule has 1 atom stereocenters. The lowest BCUT2D eigenvalue weighted by atomic mass is 9.91. The lowest BCUT2D eigenvalue weighted by Crippen LogP contribution is -2.18. The zero-order valence-corrected chi connectivity index (χ0v) is 23.2. The third kappa shape index (κ3) is 4.17. The molecule has 2 heteroatoms. The highest BCUT2D eigenvalue weighted by molar-refractivity contribution is 5.85. The van der Waals surface area contributed by atoms with Crippen LogP contribution in [0.2, 0.25) is 0 Å². The van der Waals surface area contributed by atoms with E-state index < -0.39 is 0 Å². The normalized spacial score (nSPS) is 13.6. The van der Waals surface area contributed by atoms with E-state index in [9.17, 15) is 0 Å². The summed E-state index contributed by atoms with van der Waals surface area (Å²) in [5.74, 6) is 0.475. The lowest BCUT2D eigenvalue weighted by molar-refractivity contribution is 0.557. The quantitative estimate of drug-likeness (QED) is 0.244. The Kier molecular flexibility index (Phi) is 5.90. The summed E-state index contributed by atoms with van der Waals surface area (Å²) in [4.78, 5) is 0. The van der Waals surface area contributed by atoms with Gasteiger partial charge in [0.1, 0.15) is 0 Å². The number of fused-ring (bicyclic) bond motifs is 2. The summed E-state index contributed by atoms with van der Waals surface area (Å²) in [6, 6.07) is 29.5. The molecule has 0 amide bonds. The van der Waals surface area contributed by atoms with Gasteiger partial charge in [0.25, 0.3) is 0 Å². The van der Waals surface area contributed by atoms with Crippen LogP contribution in [0.4, 0.5) is 0 Å². The van der Waals surface area contributed by atoms with Crippen molar-refractivity contribution in [1.82, 2.24) is 9.13 Å². The van der Waals surface area contributed by atoms with E-state index >= 15 is 0 Å². The van der Waals surface area contributed by atoms with Gasteiger partial charge in [0.05, 0.1) is 11.0 Å². The van der Waals surface area contributed by atoms with E-state index in [-0.39, 0.29) is 10.8 Å². The Bertz CT molecular complexity index is 1440. The van der Waals surface area contributed by atoms with Crippen LogP contribution in [-0.4, -0.2) is 9.13 Å². The van der Waals surface area contributed by atoms with Gasteiger partial charge >= 0.3 is 0 Å². The number of aromatic nitrogens is 2. The molecule has 5 rings (SSSR count). The summed E-state index contributed by atoms with van der Waals surface area (Å²) in [6.45, 7) is 18.5. The summed E-state index contributed by atoms with van der Waals surface area (Å²) in [6.07, 6.45) is 1.11. The maximum absolute atomic E-state index is 2.49. The lowest BCUT2D eigenvalue weighted by Gasteiger charge is -2.26.